The van der Waals surface area contributed by atoms with E-state index in [0.717, 1.165) is 22.0 Å². The minimum Gasteiger partial charge on any atom is -0.491 e. The van der Waals surface area contributed by atoms with Gasteiger partial charge in [-0.2, -0.15) is 0 Å². The minimum absolute atomic E-state index is 0.0388. The summed E-state index contributed by atoms with van der Waals surface area (Å²) in [5, 5.41) is 2.89. The number of carbonyl (C=O) groups excluding carboxylic acids is 1. The number of ketones is 1. The van der Waals surface area contributed by atoms with E-state index in [0.29, 0.717) is 43.4 Å². The van der Waals surface area contributed by atoms with E-state index in [1.165, 1.54) is 0 Å². The highest BCUT2D eigenvalue weighted by Gasteiger charge is 2.20. The third kappa shape index (κ3) is 5.61. The predicted molar refractivity (Wildman–Crippen MR) is 123 cm³/mol. The van der Waals surface area contributed by atoms with Crippen molar-refractivity contribution in [1.82, 2.24) is 9.97 Å². The van der Waals surface area contributed by atoms with Gasteiger partial charge in [0.15, 0.2) is 17.3 Å². The van der Waals surface area contributed by atoms with Crippen molar-refractivity contribution in [3.8, 4) is 27.8 Å². The Morgan fingerprint density at radius 1 is 1.00 bits per heavy atom. The monoisotopic (exact) mass is 440 g/mol. The molecule has 7 heteroatoms. The van der Waals surface area contributed by atoms with Crippen LogP contribution in [0.1, 0.15) is 56.2 Å². The predicted octanol–water partition coefficient (Wildman–Crippen LogP) is 5.78. The first-order valence-corrected chi connectivity index (χ1v) is 11.4. The first-order chi connectivity index (χ1) is 15.1. The summed E-state index contributed by atoms with van der Waals surface area (Å²) in [5.74, 6) is 1.87. The fourth-order valence-corrected chi connectivity index (χ4v) is 4.12. The molecule has 1 atom stereocenters. The lowest BCUT2D eigenvalue weighted by atomic mass is 9.99. The second-order valence-electron chi connectivity index (χ2n) is 6.92. The third-order valence-electron chi connectivity index (χ3n) is 4.64. The molecule has 0 aliphatic heterocycles. The van der Waals surface area contributed by atoms with Crippen LogP contribution in [0.25, 0.3) is 10.6 Å². The Morgan fingerprint density at radius 2 is 1.71 bits per heavy atom. The van der Waals surface area contributed by atoms with Crippen LogP contribution in [0.4, 0.5) is 0 Å². The lowest BCUT2D eigenvalue weighted by Gasteiger charge is -2.12. The number of ether oxygens (including phenoxy) is 3. The van der Waals surface area contributed by atoms with Crippen LogP contribution in [-0.4, -0.2) is 35.6 Å². The van der Waals surface area contributed by atoms with Gasteiger partial charge in [-0.15, -0.1) is 11.3 Å². The van der Waals surface area contributed by atoms with Gasteiger partial charge in [0.05, 0.1) is 25.5 Å². The molecule has 31 heavy (non-hydrogen) atoms. The summed E-state index contributed by atoms with van der Waals surface area (Å²) in [6.45, 7) is 9.41. The van der Waals surface area contributed by atoms with E-state index in [2.05, 4.69) is 4.98 Å². The van der Waals surface area contributed by atoms with E-state index in [4.69, 9.17) is 19.2 Å². The number of Topliss-reactive ketones (excluding diaryl/α,β-unsaturated/α-hetero) is 1. The summed E-state index contributed by atoms with van der Waals surface area (Å²) in [6, 6.07) is 9.39. The quantitative estimate of drug-likeness (QED) is 0.352. The van der Waals surface area contributed by atoms with E-state index in [9.17, 15) is 4.79 Å². The summed E-state index contributed by atoms with van der Waals surface area (Å²) in [6.07, 6.45) is 1.93. The molecule has 0 spiro atoms. The molecule has 0 saturated carbocycles. The van der Waals surface area contributed by atoms with Crippen LogP contribution in [0.5, 0.6) is 17.2 Å². The molecule has 0 saturated heterocycles. The van der Waals surface area contributed by atoms with Gasteiger partial charge in [-0.3, -0.25) is 4.79 Å². The minimum atomic E-state index is -0.0502. The molecule has 0 fully saturated rings. The van der Waals surface area contributed by atoms with Crippen molar-refractivity contribution in [3.05, 3.63) is 53.3 Å². The normalized spacial score (nSPS) is 11.7. The van der Waals surface area contributed by atoms with Gasteiger partial charge in [0, 0.05) is 29.5 Å². The molecule has 0 radical (unpaired) electrons. The van der Waals surface area contributed by atoms with Gasteiger partial charge in [-0.25, -0.2) is 9.97 Å². The highest BCUT2D eigenvalue weighted by molar-refractivity contribution is 7.13. The zero-order chi connectivity index (χ0) is 22.2. The number of thiazole rings is 1. The van der Waals surface area contributed by atoms with Gasteiger partial charge >= 0.3 is 0 Å². The first-order valence-electron chi connectivity index (χ1n) is 10.5. The molecule has 3 aromatic rings. The van der Waals surface area contributed by atoms with Gasteiger partial charge in [-0.05, 0) is 51.1 Å². The molecule has 0 amide bonds. The zero-order valence-electron chi connectivity index (χ0n) is 18.4. The zero-order valence-corrected chi connectivity index (χ0v) is 19.2. The highest BCUT2D eigenvalue weighted by atomic mass is 32.1. The molecule has 0 aliphatic carbocycles. The van der Waals surface area contributed by atoms with Gasteiger partial charge in [0.25, 0.3) is 0 Å². The Balaban J connectivity index is 1.76. The third-order valence-corrected chi connectivity index (χ3v) is 5.55. The number of hydrogen-bond acceptors (Lipinski definition) is 7. The summed E-state index contributed by atoms with van der Waals surface area (Å²) in [5.41, 5.74) is 2.22. The molecule has 6 nitrogen and oxygen atoms in total. The van der Waals surface area contributed by atoms with E-state index in [1.807, 2.05) is 51.3 Å². The molecule has 164 valence electrons. The summed E-state index contributed by atoms with van der Waals surface area (Å²) < 4.78 is 16.9. The summed E-state index contributed by atoms with van der Waals surface area (Å²) in [4.78, 5) is 21.8. The molecule has 2 aromatic heterocycles. The lowest BCUT2D eigenvalue weighted by Crippen LogP contribution is -2.10. The van der Waals surface area contributed by atoms with Crippen LogP contribution in [0.2, 0.25) is 0 Å². The fraction of sp³-hybridized carbons (Fsp3) is 0.375. The topological polar surface area (TPSA) is 70.5 Å². The number of benzene rings is 1. The van der Waals surface area contributed by atoms with Crippen molar-refractivity contribution in [2.45, 2.75) is 40.0 Å². The average molecular weight is 441 g/mol. The highest BCUT2D eigenvalue weighted by Crippen LogP contribution is 2.35. The molecule has 2 heterocycles. The number of carbonyl (C=O) groups is 1. The number of nitrogens with zero attached hydrogens (tertiary/aromatic N) is 2. The lowest BCUT2D eigenvalue weighted by molar-refractivity contribution is 0.0966. The van der Waals surface area contributed by atoms with E-state index < -0.39 is 0 Å². The SMILES string of the molecule is CCOc1ccc(-c2nc(C(C)CC(=O)c3ncccc3OCC)cs2)cc1OCC. The molecule has 3 rings (SSSR count). The second kappa shape index (κ2) is 10.9. The number of aromatic nitrogens is 2. The molecular weight excluding hydrogens is 412 g/mol. The fourth-order valence-electron chi connectivity index (χ4n) is 3.18. The number of pyridine rings is 1. The number of rotatable bonds is 11. The summed E-state index contributed by atoms with van der Waals surface area (Å²) >= 11 is 1.55. The first kappa shape index (κ1) is 22.7. The Labute approximate surface area is 187 Å². The van der Waals surface area contributed by atoms with E-state index >= 15 is 0 Å². The smallest absolute Gasteiger partial charge is 0.185 e. The maximum absolute atomic E-state index is 12.8. The second-order valence-corrected chi connectivity index (χ2v) is 7.77. The molecular formula is C24H28N2O4S. The maximum Gasteiger partial charge on any atom is 0.185 e. The van der Waals surface area contributed by atoms with Gasteiger partial charge in [0.2, 0.25) is 0 Å². The van der Waals surface area contributed by atoms with Crippen LogP contribution in [-0.2, 0) is 0 Å². The average Bonchev–Trinajstić information content (AvgIpc) is 3.26. The van der Waals surface area contributed by atoms with Gasteiger partial charge in [-0.1, -0.05) is 6.92 Å². The molecule has 0 aliphatic rings. The van der Waals surface area contributed by atoms with Crippen molar-refractivity contribution in [3.63, 3.8) is 0 Å². The van der Waals surface area contributed by atoms with Gasteiger partial charge < -0.3 is 14.2 Å². The van der Waals surface area contributed by atoms with Crippen LogP contribution in [0, 0.1) is 0 Å². The van der Waals surface area contributed by atoms with Crippen LogP contribution < -0.4 is 14.2 Å². The van der Waals surface area contributed by atoms with Crippen molar-refractivity contribution in [2.75, 3.05) is 19.8 Å². The van der Waals surface area contributed by atoms with Crippen LogP contribution in [0.15, 0.2) is 41.9 Å². The molecule has 0 N–H and O–H groups in total. The largest absolute Gasteiger partial charge is 0.491 e. The summed E-state index contributed by atoms with van der Waals surface area (Å²) in [7, 11) is 0. The number of hydrogen-bond donors (Lipinski definition) is 0. The van der Waals surface area contributed by atoms with E-state index in [-0.39, 0.29) is 11.7 Å². The maximum atomic E-state index is 12.8. The Kier molecular flexibility index (Phi) is 8.00. The van der Waals surface area contributed by atoms with Crippen LogP contribution in [0.3, 0.4) is 0 Å². The van der Waals surface area contributed by atoms with Crippen molar-refractivity contribution < 1.29 is 19.0 Å². The van der Waals surface area contributed by atoms with Crippen molar-refractivity contribution >= 4 is 17.1 Å². The Bertz CT molecular complexity index is 1020. The molecule has 0 bridgehead atoms. The molecule has 1 aromatic carbocycles. The molecule has 1 unspecified atom stereocenters. The van der Waals surface area contributed by atoms with Crippen LogP contribution >= 0.6 is 11.3 Å². The van der Waals surface area contributed by atoms with Crippen molar-refractivity contribution in [1.29, 1.82) is 0 Å². The van der Waals surface area contributed by atoms with Crippen molar-refractivity contribution in [2.24, 2.45) is 0 Å². The van der Waals surface area contributed by atoms with E-state index in [1.54, 1.807) is 29.7 Å². The Hall–Kier alpha value is -2.93. The van der Waals surface area contributed by atoms with Gasteiger partial charge in [0.1, 0.15) is 16.5 Å². The Morgan fingerprint density at radius 3 is 2.45 bits per heavy atom. The standard InChI is InChI=1S/C24H28N2O4S/c1-5-28-20-11-10-17(14-22(20)30-7-3)24-26-18(15-31-24)16(4)13-19(27)23-21(29-6-2)9-8-12-25-23/h8-12,14-16H,5-7,13H2,1-4H3.